The third-order valence-corrected chi connectivity index (χ3v) is 6.43. The van der Waals surface area contributed by atoms with Crippen molar-refractivity contribution in [3.8, 4) is 0 Å². The van der Waals surface area contributed by atoms with Crippen LogP contribution < -0.4 is 17.2 Å². The topological polar surface area (TPSA) is 156 Å². The van der Waals surface area contributed by atoms with E-state index in [-0.39, 0.29) is 17.8 Å². The monoisotopic (exact) mass is 507 g/mol. The number of furan rings is 1. The Kier molecular flexibility index (Phi) is 8.47. The Morgan fingerprint density at radius 3 is 2.81 bits per heavy atom. The molecule has 4 heterocycles. The van der Waals surface area contributed by atoms with E-state index in [1.54, 1.807) is 37.4 Å². The average Bonchev–Trinajstić information content (AvgIpc) is 3.30. The quantitative estimate of drug-likeness (QED) is 0.331. The maximum Gasteiger partial charge on any atom is 0.349 e. The summed E-state index contributed by atoms with van der Waals surface area (Å²) in [7, 11) is 3.24. The van der Waals surface area contributed by atoms with Crippen molar-refractivity contribution in [3.63, 3.8) is 0 Å². The normalized spacial score (nSPS) is 19.6. The fourth-order valence-electron chi connectivity index (χ4n) is 4.58. The third kappa shape index (κ3) is 5.32. The number of rotatable bonds is 9. The van der Waals surface area contributed by atoms with Crippen LogP contribution in [0.25, 0.3) is 33.2 Å². The summed E-state index contributed by atoms with van der Waals surface area (Å²) in [6.07, 6.45) is 9.96. The molecule has 0 radical (unpaired) electrons. The van der Waals surface area contributed by atoms with Gasteiger partial charge >= 0.3 is 5.69 Å². The predicted octanol–water partition coefficient (Wildman–Crippen LogP) is 2.68. The smallest absolute Gasteiger partial charge is 0.349 e. The van der Waals surface area contributed by atoms with Crippen LogP contribution in [0.4, 0.5) is 0 Å². The summed E-state index contributed by atoms with van der Waals surface area (Å²) in [6, 6.07) is 1.76. The molecule has 11 heteroatoms. The first kappa shape index (κ1) is 26.2. The van der Waals surface area contributed by atoms with Crippen LogP contribution >= 0.6 is 0 Å². The van der Waals surface area contributed by atoms with Crippen molar-refractivity contribution >= 4 is 45.6 Å². The molecule has 1 saturated heterocycles. The van der Waals surface area contributed by atoms with Gasteiger partial charge in [0.05, 0.1) is 31.1 Å². The van der Waals surface area contributed by atoms with Gasteiger partial charge in [0.2, 0.25) is 0 Å². The lowest BCUT2D eigenvalue weighted by molar-refractivity contribution is -0.00711. The number of hydrogen-bond donors (Lipinski definition) is 2. The maximum absolute atomic E-state index is 13.6. The fourth-order valence-corrected chi connectivity index (χ4v) is 4.58. The number of allylic oxidation sites excluding steroid dienone is 2. The average molecular weight is 508 g/mol. The van der Waals surface area contributed by atoms with Crippen LogP contribution in [0, 0.1) is 0 Å². The highest BCUT2D eigenvalue weighted by Crippen LogP contribution is 2.36. The highest BCUT2D eigenvalue weighted by atomic mass is 16.5. The minimum atomic E-state index is -0.384. The summed E-state index contributed by atoms with van der Waals surface area (Å²) in [6.45, 7) is 3.64. The van der Waals surface area contributed by atoms with E-state index in [9.17, 15) is 4.79 Å². The van der Waals surface area contributed by atoms with Crippen LogP contribution in [0.2, 0.25) is 0 Å². The summed E-state index contributed by atoms with van der Waals surface area (Å²) in [4.78, 5) is 30.9. The van der Waals surface area contributed by atoms with Gasteiger partial charge in [-0.2, -0.15) is 4.98 Å². The number of fused-ring (bicyclic) bond motifs is 3. The van der Waals surface area contributed by atoms with Gasteiger partial charge < -0.3 is 25.4 Å². The first-order valence-electron chi connectivity index (χ1n) is 12.3. The second-order valence-corrected chi connectivity index (χ2v) is 8.70. The summed E-state index contributed by atoms with van der Waals surface area (Å²) in [5, 5.41) is 0.717. The van der Waals surface area contributed by atoms with Crippen molar-refractivity contribution in [1.29, 1.82) is 0 Å². The van der Waals surface area contributed by atoms with Crippen LogP contribution in [0.5, 0.6) is 0 Å². The Morgan fingerprint density at radius 2 is 2.11 bits per heavy atom. The Bertz CT molecular complexity index is 1430. The molecule has 11 nitrogen and oxygen atoms in total. The van der Waals surface area contributed by atoms with Gasteiger partial charge in [-0.15, -0.1) is 0 Å². The van der Waals surface area contributed by atoms with Crippen molar-refractivity contribution in [2.75, 3.05) is 33.9 Å². The lowest BCUT2D eigenvalue weighted by Gasteiger charge is -2.30. The van der Waals surface area contributed by atoms with Crippen molar-refractivity contribution in [1.82, 2.24) is 14.5 Å². The molecule has 4 rings (SSSR count). The molecular weight excluding hydrogens is 474 g/mol. The van der Waals surface area contributed by atoms with Crippen molar-refractivity contribution in [3.05, 3.63) is 46.5 Å². The van der Waals surface area contributed by atoms with E-state index in [1.807, 2.05) is 6.07 Å². The number of nitrogens with zero attached hydrogens (tertiary/aromatic N) is 5. The molecule has 0 aromatic carbocycles. The lowest BCUT2D eigenvalue weighted by atomic mass is 10.0. The van der Waals surface area contributed by atoms with Gasteiger partial charge in [-0.05, 0) is 25.3 Å². The first-order chi connectivity index (χ1) is 18.1. The molecule has 2 unspecified atom stereocenters. The van der Waals surface area contributed by atoms with Gasteiger partial charge in [-0.1, -0.05) is 6.92 Å². The van der Waals surface area contributed by atoms with Gasteiger partial charge in [0.25, 0.3) is 0 Å². The summed E-state index contributed by atoms with van der Waals surface area (Å²) in [5.41, 5.74) is 15.0. The molecule has 37 heavy (non-hydrogen) atoms. The van der Waals surface area contributed by atoms with Gasteiger partial charge in [-0.3, -0.25) is 19.5 Å². The van der Waals surface area contributed by atoms with E-state index in [0.29, 0.717) is 71.8 Å². The number of pyridine rings is 1. The van der Waals surface area contributed by atoms with Crippen LogP contribution in [0.15, 0.2) is 43.9 Å². The molecule has 0 saturated carbocycles. The zero-order chi connectivity index (χ0) is 26.4. The molecule has 196 valence electrons. The van der Waals surface area contributed by atoms with Crippen molar-refractivity contribution in [2.45, 2.75) is 38.3 Å². The van der Waals surface area contributed by atoms with Gasteiger partial charge in [-0.25, -0.2) is 4.79 Å². The number of methoxy groups -OCH3 is 1. The molecule has 0 aliphatic carbocycles. The predicted molar refractivity (Wildman–Crippen MR) is 146 cm³/mol. The molecular formula is C26H33N7O4. The molecule has 2 atom stereocenters. The number of ether oxygens (including phenoxy) is 2. The van der Waals surface area contributed by atoms with E-state index in [4.69, 9.17) is 25.4 Å². The van der Waals surface area contributed by atoms with Crippen molar-refractivity contribution in [2.24, 2.45) is 21.5 Å². The molecule has 1 aliphatic rings. The van der Waals surface area contributed by atoms with E-state index in [0.717, 1.165) is 11.8 Å². The second kappa shape index (κ2) is 11.9. The van der Waals surface area contributed by atoms with Crippen LogP contribution in [-0.2, 0) is 9.47 Å². The number of hydrogen-bond acceptors (Lipinski definition) is 10. The van der Waals surface area contributed by atoms with Crippen LogP contribution in [0.1, 0.15) is 43.6 Å². The Morgan fingerprint density at radius 1 is 1.30 bits per heavy atom. The summed E-state index contributed by atoms with van der Waals surface area (Å²) < 4.78 is 18.9. The standard InChI is InChI=1S/C26H33N7O4/c1-4-19-9-18(5-7-36-19)33-24-20-10-21(16(11-27)14-30-6-8-35-3)31-15-22(20)37-25(24)23(32-26(33)34)17(12-28)13-29-2/h10-15,18-19H,4-9,27-28H2,1-3H3/b16-11+,17-12+,29-13?,30-14?. The van der Waals surface area contributed by atoms with Gasteiger partial charge in [0.15, 0.2) is 11.2 Å². The largest absolute Gasteiger partial charge is 0.450 e. The molecule has 4 N–H and O–H groups in total. The Hall–Kier alpha value is -3.83. The molecule has 3 aromatic rings. The number of aromatic nitrogens is 3. The highest BCUT2D eigenvalue weighted by Gasteiger charge is 2.29. The highest BCUT2D eigenvalue weighted by molar-refractivity contribution is 6.16. The summed E-state index contributed by atoms with van der Waals surface area (Å²) in [5.74, 6) is 0. The minimum Gasteiger partial charge on any atom is -0.450 e. The zero-order valence-corrected chi connectivity index (χ0v) is 21.4. The molecule has 1 aliphatic heterocycles. The maximum atomic E-state index is 13.6. The van der Waals surface area contributed by atoms with Crippen LogP contribution in [-0.4, -0.2) is 67.0 Å². The van der Waals surface area contributed by atoms with E-state index < -0.39 is 0 Å². The molecule has 1 fully saturated rings. The molecule has 0 amide bonds. The number of nitrogens with two attached hydrogens (primary N) is 2. The van der Waals surface area contributed by atoms with Gasteiger partial charge in [0.1, 0.15) is 11.2 Å². The molecule has 3 aromatic heterocycles. The Labute approximate surface area is 214 Å². The lowest BCUT2D eigenvalue weighted by Crippen LogP contribution is -2.34. The number of aliphatic imine (C=N–C) groups is 2. The molecule has 0 spiro atoms. The second-order valence-electron chi connectivity index (χ2n) is 8.70. The van der Waals surface area contributed by atoms with Crippen LogP contribution in [0.3, 0.4) is 0 Å². The fraction of sp³-hybridized carbons (Fsp3) is 0.423. The van der Waals surface area contributed by atoms with E-state index >= 15 is 0 Å². The third-order valence-electron chi connectivity index (χ3n) is 6.43. The zero-order valence-electron chi connectivity index (χ0n) is 21.4. The summed E-state index contributed by atoms with van der Waals surface area (Å²) >= 11 is 0. The Balaban J connectivity index is 1.97. The van der Waals surface area contributed by atoms with E-state index in [1.165, 1.54) is 12.4 Å². The SMILES string of the molecule is CCC1CC(n2c(=O)nc(/C(C=NC)=C/N)c3oc4cnc(/C(C=NCCOC)=C/N)cc4c32)CCO1. The van der Waals surface area contributed by atoms with Crippen molar-refractivity contribution < 1.29 is 13.9 Å². The van der Waals surface area contributed by atoms with Gasteiger partial charge in [0, 0.05) is 68.2 Å². The minimum absolute atomic E-state index is 0.0672. The first-order valence-corrected chi connectivity index (χ1v) is 12.3. The van der Waals surface area contributed by atoms with E-state index in [2.05, 4.69) is 26.9 Å². The molecule has 0 bridgehead atoms.